The summed E-state index contributed by atoms with van der Waals surface area (Å²) in [5.41, 5.74) is 0.309. The summed E-state index contributed by atoms with van der Waals surface area (Å²) < 4.78 is 7.42. The molecule has 0 aromatic carbocycles. The number of carbonyl (C=O) groups is 1. The molecular formula is C20H34IN7O2. The van der Waals surface area contributed by atoms with Gasteiger partial charge in [-0.2, -0.15) is 0 Å². The third-order valence-corrected chi connectivity index (χ3v) is 4.14. The van der Waals surface area contributed by atoms with Gasteiger partial charge in [0.2, 0.25) is 0 Å². The second kappa shape index (κ2) is 11.9. The predicted molar refractivity (Wildman–Crippen MR) is 129 cm³/mol. The number of aliphatic imine (C=N–C) groups is 1. The first-order valence-electron chi connectivity index (χ1n) is 9.94. The Labute approximate surface area is 195 Å². The van der Waals surface area contributed by atoms with Crippen LogP contribution in [-0.4, -0.2) is 63.3 Å². The number of nitrogens with one attached hydrogen (secondary N) is 2. The van der Waals surface area contributed by atoms with Crippen molar-refractivity contribution >= 4 is 41.7 Å². The number of aromatic nitrogens is 3. The van der Waals surface area contributed by atoms with E-state index in [-0.39, 0.29) is 36.1 Å². The molecule has 10 heteroatoms. The molecular weight excluding hydrogens is 497 g/mol. The van der Waals surface area contributed by atoms with Crippen LogP contribution in [0.15, 0.2) is 29.4 Å². The lowest BCUT2D eigenvalue weighted by atomic mass is 10.2. The van der Waals surface area contributed by atoms with Crippen LogP contribution >= 0.6 is 24.0 Å². The predicted octanol–water partition coefficient (Wildman–Crippen LogP) is 3.05. The molecule has 2 N–H and O–H groups in total. The van der Waals surface area contributed by atoms with E-state index in [0.29, 0.717) is 25.6 Å². The van der Waals surface area contributed by atoms with Crippen LogP contribution in [0.1, 0.15) is 46.9 Å². The molecule has 0 unspecified atom stereocenters. The van der Waals surface area contributed by atoms with Crippen LogP contribution < -0.4 is 10.6 Å². The lowest BCUT2D eigenvalue weighted by Crippen LogP contribution is -2.43. The highest BCUT2D eigenvalue weighted by atomic mass is 127. The van der Waals surface area contributed by atoms with Crippen molar-refractivity contribution in [3.8, 4) is 0 Å². The largest absolute Gasteiger partial charge is 0.444 e. The minimum Gasteiger partial charge on any atom is -0.444 e. The molecule has 0 bridgehead atoms. The molecule has 0 aliphatic heterocycles. The summed E-state index contributed by atoms with van der Waals surface area (Å²) in [5.74, 6) is 1.48. The summed E-state index contributed by atoms with van der Waals surface area (Å²) in [5, 5.41) is 14.8. The van der Waals surface area contributed by atoms with Gasteiger partial charge >= 0.3 is 6.09 Å². The molecule has 0 saturated carbocycles. The fourth-order valence-corrected chi connectivity index (χ4v) is 2.73. The van der Waals surface area contributed by atoms with Gasteiger partial charge in [-0.25, -0.2) is 4.79 Å². The molecule has 0 fully saturated rings. The number of nitrogens with zero attached hydrogens (tertiary/aromatic N) is 5. The fraction of sp³-hybridized carbons (Fsp3) is 0.600. The minimum absolute atomic E-state index is 0. The summed E-state index contributed by atoms with van der Waals surface area (Å²) >= 11 is 0. The van der Waals surface area contributed by atoms with Crippen LogP contribution in [0.25, 0.3) is 5.65 Å². The molecule has 2 rings (SSSR count). The van der Waals surface area contributed by atoms with Crippen LogP contribution in [0.5, 0.6) is 0 Å². The van der Waals surface area contributed by atoms with Crippen molar-refractivity contribution in [2.45, 2.75) is 59.2 Å². The van der Waals surface area contributed by atoms with E-state index in [1.54, 1.807) is 11.9 Å². The van der Waals surface area contributed by atoms with Crippen molar-refractivity contribution < 1.29 is 9.53 Å². The molecule has 1 amide bonds. The van der Waals surface area contributed by atoms with Gasteiger partial charge in [0.1, 0.15) is 5.60 Å². The Bertz CT molecular complexity index is 830. The second-order valence-electron chi connectivity index (χ2n) is 8.02. The Hall–Kier alpha value is -2.11. The molecule has 2 aromatic rings. The van der Waals surface area contributed by atoms with Gasteiger partial charge < -0.3 is 20.3 Å². The van der Waals surface area contributed by atoms with E-state index in [0.717, 1.165) is 17.9 Å². The van der Waals surface area contributed by atoms with E-state index in [1.165, 1.54) is 0 Å². The van der Waals surface area contributed by atoms with Gasteiger partial charge in [0.15, 0.2) is 17.4 Å². The molecule has 2 heterocycles. The summed E-state index contributed by atoms with van der Waals surface area (Å²) in [7, 11) is 1.72. The Morgan fingerprint density at radius 2 is 2.00 bits per heavy atom. The lowest BCUT2D eigenvalue weighted by molar-refractivity contribution is 0.0190. The van der Waals surface area contributed by atoms with E-state index in [4.69, 9.17) is 4.74 Å². The highest BCUT2D eigenvalue weighted by Crippen LogP contribution is 2.12. The number of fused-ring (bicyclic) bond motifs is 1. The second-order valence-corrected chi connectivity index (χ2v) is 8.02. The lowest BCUT2D eigenvalue weighted by Gasteiger charge is -2.30. The van der Waals surface area contributed by atoms with Gasteiger partial charge in [0, 0.05) is 32.4 Å². The molecule has 2 aromatic heterocycles. The molecule has 168 valence electrons. The Balaban J connectivity index is 0.00000450. The van der Waals surface area contributed by atoms with E-state index >= 15 is 0 Å². The number of pyridine rings is 1. The average Bonchev–Trinajstić information content (AvgIpc) is 3.05. The molecule has 0 spiro atoms. The van der Waals surface area contributed by atoms with Crippen molar-refractivity contribution in [3.05, 3.63) is 30.2 Å². The maximum absolute atomic E-state index is 12.4. The average molecular weight is 531 g/mol. The van der Waals surface area contributed by atoms with E-state index in [1.807, 2.05) is 63.4 Å². The molecule has 0 radical (unpaired) electrons. The van der Waals surface area contributed by atoms with Gasteiger partial charge in [-0.3, -0.25) is 9.39 Å². The first-order valence-corrected chi connectivity index (χ1v) is 9.94. The van der Waals surface area contributed by atoms with Gasteiger partial charge in [-0.1, -0.05) is 6.07 Å². The standard InChI is InChI=1S/C20H33N7O2.HI/c1-15(2)26(19(28)29-20(3,4)5)13-9-11-22-18(21-6)23-14-17-25-24-16-10-7-8-12-27(16)17;/h7-8,10,12,15H,9,11,13-14H2,1-6H3,(H2,21,22,23);1H. The van der Waals surface area contributed by atoms with Gasteiger partial charge in [0.05, 0.1) is 6.54 Å². The summed E-state index contributed by atoms with van der Waals surface area (Å²) in [6, 6.07) is 5.86. The van der Waals surface area contributed by atoms with Gasteiger partial charge in [-0.15, -0.1) is 34.2 Å². The maximum Gasteiger partial charge on any atom is 0.410 e. The first kappa shape index (κ1) is 25.9. The maximum atomic E-state index is 12.4. The van der Waals surface area contributed by atoms with Crippen LogP contribution in [0, 0.1) is 0 Å². The Morgan fingerprint density at radius 3 is 2.63 bits per heavy atom. The van der Waals surface area contributed by atoms with Crippen molar-refractivity contribution in [2.75, 3.05) is 20.1 Å². The Morgan fingerprint density at radius 1 is 1.27 bits per heavy atom. The smallest absolute Gasteiger partial charge is 0.410 e. The zero-order chi connectivity index (χ0) is 21.4. The number of amides is 1. The number of rotatable bonds is 7. The highest BCUT2D eigenvalue weighted by Gasteiger charge is 2.23. The van der Waals surface area contributed by atoms with Crippen LogP contribution in [0.4, 0.5) is 4.79 Å². The molecule has 0 saturated heterocycles. The summed E-state index contributed by atoms with van der Waals surface area (Å²) in [4.78, 5) is 18.3. The zero-order valence-corrected chi connectivity index (χ0v) is 21.0. The molecule has 0 aliphatic rings. The van der Waals surface area contributed by atoms with Crippen LogP contribution in [-0.2, 0) is 11.3 Å². The van der Waals surface area contributed by atoms with Crippen molar-refractivity contribution in [2.24, 2.45) is 4.99 Å². The third-order valence-electron chi connectivity index (χ3n) is 4.14. The number of ether oxygens (including phenoxy) is 1. The highest BCUT2D eigenvalue weighted by molar-refractivity contribution is 14.0. The van der Waals surface area contributed by atoms with E-state index in [2.05, 4.69) is 25.8 Å². The van der Waals surface area contributed by atoms with Gasteiger partial charge in [0.25, 0.3) is 0 Å². The first-order chi connectivity index (χ1) is 13.7. The number of guanidine groups is 1. The molecule has 0 atom stereocenters. The van der Waals surface area contributed by atoms with Crippen molar-refractivity contribution in [3.63, 3.8) is 0 Å². The molecule has 9 nitrogen and oxygen atoms in total. The van der Waals surface area contributed by atoms with Crippen molar-refractivity contribution in [1.29, 1.82) is 0 Å². The third kappa shape index (κ3) is 7.96. The van der Waals surface area contributed by atoms with Gasteiger partial charge in [-0.05, 0) is 53.2 Å². The molecule has 30 heavy (non-hydrogen) atoms. The summed E-state index contributed by atoms with van der Waals surface area (Å²) in [6.07, 6.45) is 2.42. The monoisotopic (exact) mass is 531 g/mol. The van der Waals surface area contributed by atoms with Crippen LogP contribution in [0.3, 0.4) is 0 Å². The van der Waals surface area contributed by atoms with E-state index < -0.39 is 5.60 Å². The Kier molecular flexibility index (Phi) is 10.3. The number of carbonyl (C=O) groups excluding carboxylic acids is 1. The number of halogens is 1. The zero-order valence-electron chi connectivity index (χ0n) is 18.7. The minimum atomic E-state index is -0.500. The SMILES string of the molecule is CN=C(NCCCN(C(=O)OC(C)(C)C)C(C)C)NCc1nnc2ccccn12.I. The quantitative estimate of drug-likeness (QED) is 0.247. The molecule has 0 aliphatic carbocycles. The number of hydrogen-bond donors (Lipinski definition) is 2. The number of hydrogen-bond acceptors (Lipinski definition) is 5. The van der Waals surface area contributed by atoms with Crippen LogP contribution in [0.2, 0.25) is 0 Å². The van der Waals surface area contributed by atoms with Crippen molar-refractivity contribution in [1.82, 2.24) is 30.1 Å². The normalized spacial score (nSPS) is 11.9. The topological polar surface area (TPSA) is 96.2 Å². The summed E-state index contributed by atoms with van der Waals surface area (Å²) in [6.45, 7) is 11.4. The van der Waals surface area contributed by atoms with E-state index in [9.17, 15) is 4.79 Å². The fourth-order valence-electron chi connectivity index (χ4n) is 2.73.